The van der Waals surface area contributed by atoms with Crippen LogP contribution in [0.5, 0.6) is 0 Å². The SMILES string of the molecule is CC1(C)CC(C)(c2ccc(N3C(=O)CCC3=O)cc2)c2ccc(N3C(=O)CCC3=O)cc21. The van der Waals surface area contributed by atoms with Crippen LogP contribution in [0.25, 0.3) is 0 Å². The van der Waals surface area contributed by atoms with Crippen molar-refractivity contribution in [1.82, 2.24) is 0 Å². The highest BCUT2D eigenvalue weighted by atomic mass is 16.2. The van der Waals surface area contributed by atoms with E-state index in [9.17, 15) is 19.2 Å². The minimum absolute atomic E-state index is 0.143. The van der Waals surface area contributed by atoms with E-state index in [1.54, 1.807) is 0 Å². The van der Waals surface area contributed by atoms with Crippen molar-refractivity contribution < 1.29 is 19.2 Å². The molecule has 0 N–H and O–H groups in total. The third kappa shape index (κ3) is 2.93. The van der Waals surface area contributed by atoms with Crippen LogP contribution < -0.4 is 9.80 Å². The maximum atomic E-state index is 12.2. The van der Waals surface area contributed by atoms with Crippen molar-refractivity contribution in [3.05, 3.63) is 59.2 Å². The molecule has 3 aliphatic rings. The summed E-state index contributed by atoms with van der Waals surface area (Å²) in [6.07, 6.45) is 1.94. The van der Waals surface area contributed by atoms with Gasteiger partial charge in [0.05, 0.1) is 11.4 Å². The summed E-state index contributed by atoms with van der Waals surface area (Å²) in [6.45, 7) is 6.57. The van der Waals surface area contributed by atoms with Crippen LogP contribution in [0.2, 0.25) is 0 Å². The minimum Gasteiger partial charge on any atom is -0.274 e. The number of hydrogen-bond acceptors (Lipinski definition) is 4. The molecule has 0 spiro atoms. The Bertz CT molecular complexity index is 1150. The molecule has 2 saturated heterocycles. The smallest absolute Gasteiger partial charge is 0.234 e. The summed E-state index contributed by atoms with van der Waals surface area (Å²) in [5, 5.41) is 0. The van der Waals surface area contributed by atoms with Gasteiger partial charge in [-0.15, -0.1) is 0 Å². The highest BCUT2D eigenvalue weighted by Gasteiger charge is 2.46. The van der Waals surface area contributed by atoms with Gasteiger partial charge in [-0.2, -0.15) is 0 Å². The van der Waals surface area contributed by atoms with E-state index >= 15 is 0 Å². The number of carbonyl (C=O) groups excluding carboxylic acids is 4. The normalized spacial score (nSPS) is 24.6. The number of anilines is 2. The first-order chi connectivity index (χ1) is 15.1. The standard InChI is InChI=1S/C26H26N2O4/c1-25(2)15-26(3,16-4-6-17(7-5-16)27-21(29)10-11-22(27)30)19-9-8-18(14-20(19)25)28-23(31)12-13-24(28)32/h4-9,14H,10-13,15H2,1-3H3. The van der Waals surface area contributed by atoms with E-state index < -0.39 is 0 Å². The Morgan fingerprint density at radius 2 is 1.09 bits per heavy atom. The van der Waals surface area contributed by atoms with Crippen molar-refractivity contribution >= 4 is 35.0 Å². The first-order valence-electron chi connectivity index (χ1n) is 11.1. The molecule has 2 aliphatic heterocycles. The molecular formula is C26H26N2O4. The lowest BCUT2D eigenvalue weighted by Crippen LogP contribution is -2.29. The first-order valence-corrected chi connectivity index (χ1v) is 11.1. The quantitative estimate of drug-likeness (QED) is 0.691. The van der Waals surface area contributed by atoms with Crippen molar-refractivity contribution in [2.75, 3.05) is 9.80 Å². The van der Waals surface area contributed by atoms with Gasteiger partial charge in [0.15, 0.2) is 0 Å². The number of carbonyl (C=O) groups is 4. The van der Waals surface area contributed by atoms with Crippen LogP contribution in [0.1, 0.15) is 69.6 Å². The van der Waals surface area contributed by atoms with Crippen LogP contribution in [-0.2, 0) is 30.0 Å². The maximum Gasteiger partial charge on any atom is 0.234 e. The van der Waals surface area contributed by atoms with Crippen molar-refractivity contribution in [3.63, 3.8) is 0 Å². The fourth-order valence-corrected chi connectivity index (χ4v) is 5.75. The summed E-state index contributed by atoms with van der Waals surface area (Å²) in [5.74, 6) is -0.593. The van der Waals surface area contributed by atoms with E-state index in [4.69, 9.17) is 0 Å². The Morgan fingerprint density at radius 3 is 1.62 bits per heavy atom. The van der Waals surface area contributed by atoms with Crippen molar-refractivity contribution in [2.45, 2.75) is 63.7 Å². The van der Waals surface area contributed by atoms with Gasteiger partial charge in [-0.25, -0.2) is 0 Å². The summed E-state index contributed by atoms with van der Waals surface area (Å²) in [6, 6.07) is 13.6. The molecule has 0 bridgehead atoms. The minimum atomic E-state index is -0.270. The second-order valence-corrected chi connectivity index (χ2v) is 9.92. The maximum absolute atomic E-state index is 12.2. The summed E-state index contributed by atoms with van der Waals surface area (Å²) in [4.78, 5) is 51.2. The lowest BCUT2D eigenvalue weighted by Gasteiger charge is -2.29. The largest absolute Gasteiger partial charge is 0.274 e. The lowest BCUT2D eigenvalue weighted by atomic mass is 9.75. The summed E-state index contributed by atoms with van der Waals surface area (Å²) in [7, 11) is 0. The molecule has 2 fully saturated rings. The zero-order valence-corrected chi connectivity index (χ0v) is 18.6. The van der Waals surface area contributed by atoms with Crippen LogP contribution in [0.3, 0.4) is 0 Å². The van der Waals surface area contributed by atoms with Crippen LogP contribution in [0.4, 0.5) is 11.4 Å². The molecule has 0 radical (unpaired) electrons. The second-order valence-electron chi connectivity index (χ2n) is 9.92. The van der Waals surface area contributed by atoms with Gasteiger partial charge >= 0.3 is 0 Å². The van der Waals surface area contributed by atoms with Crippen molar-refractivity contribution in [1.29, 1.82) is 0 Å². The third-order valence-electron chi connectivity index (χ3n) is 7.25. The molecule has 5 rings (SSSR count). The molecular weight excluding hydrogens is 404 g/mol. The van der Waals surface area contributed by atoms with Gasteiger partial charge in [-0.05, 0) is 52.8 Å². The molecule has 1 atom stereocenters. The van der Waals surface area contributed by atoms with E-state index in [2.05, 4.69) is 20.8 Å². The lowest BCUT2D eigenvalue weighted by molar-refractivity contribution is -0.122. The summed E-state index contributed by atoms with van der Waals surface area (Å²) >= 11 is 0. The molecule has 1 unspecified atom stereocenters. The zero-order chi connectivity index (χ0) is 22.8. The van der Waals surface area contributed by atoms with Gasteiger partial charge in [0.1, 0.15) is 0 Å². The van der Waals surface area contributed by atoms with Crippen molar-refractivity contribution in [3.8, 4) is 0 Å². The third-order valence-corrected chi connectivity index (χ3v) is 7.25. The van der Waals surface area contributed by atoms with E-state index in [-0.39, 0.29) is 60.1 Å². The fourth-order valence-electron chi connectivity index (χ4n) is 5.75. The Labute approximate surface area is 187 Å². The highest BCUT2D eigenvalue weighted by Crippen LogP contribution is 2.53. The number of fused-ring (bicyclic) bond motifs is 1. The second kappa shape index (κ2) is 6.86. The van der Waals surface area contributed by atoms with Gasteiger partial charge in [-0.1, -0.05) is 39.0 Å². The number of nitrogens with zero attached hydrogens (tertiary/aromatic N) is 2. The van der Waals surface area contributed by atoms with Gasteiger partial charge in [0.25, 0.3) is 0 Å². The van der Waals surface area contributed by atoms with Crippen molar-refractivity contribution in [2.24, 2.45) is 0 Å². The number of benzene rings is 2. The van der Waals surface area contributed by atoms with Crippen LogP contribution in [0.15, 0.2) is 42.5 Å². The predicted molar refractivity (Wildman–Crippen MR) is 120 cm³/mol. The number of imide groups is 2. The number of hydrogen-bond donors (Lipinski definition) is 0. The van der Waals surface area contributed by atoms with E-state index in [0.29, 0.717) is 11.4 Å². The Hall–Kier alpha value is -3.28. The van der Waals surface area contributed by atoms with Crippen LogP contribution in [-0.4, -0.2) is 23.6 Å². The van der Waals surface area contributed by atoms with Gasteiger partial charge < -0.3 is 0 Å². The molecule has 6 nitrogen and oxygen atoms in total. The molecule has 1 aliphatic carbocycles. The van der Waals surface area contributed by atoms with E-state index in [1.807, 2.05) is 42.5 Å². The summed E-state index contributed by atoms with van der Waals surface area (Å²) < 4.78 is 0. The van der Waals surface area contributed by atoms with Crippen LogP contribution in [0, 0.1) is 0 Å². The topological polar surface area (TPSA) is 74.8 Å². The average molecular weight is 431 g/mol. The van der Waals surface area contributed by atoms with Gasteiger partial charge in [-0.3, -0.25) is 29.0 Å². The number of amides is 4. The van der Waals surface area contributed by atoms with E-state index in [0.717, 1.165) is 17.5 Å². The molecule has 2 aromatic rings. The predicted octanol–water partition coefficient (Wildman–Crippen LogP) is 3.98. The highest BCUT2D eigenvalue weighted by molar-refractivity contribution is 6.20. The molecule has 6 heteroatoms. The Balaban J connectivity index is 1.53. The Morgan fingerprint density at radius 1 is 0.625 bits per heavy atom. The molecule has 2 aromatic carbocycles. The Kier molecular flexibility index (Phi) is 4.42. The number of rotatable bonds is 3. The zero-order valence-electron chi connectivity index (χ0n) is 18.6. The summed E-state index contributed by atoms with van der Waals surface area (Å²) in [5.41, 5.74) is 4.26. The van der Waals surface area contributed by atoms with Gasteiger partial charge in [0, 0.05) is 31.1 Å². The molecule has 0 aromatic heterocycles. The van der Waals surface area contributed by atoms with E-state index in [1.165, 1.54) is 15.4 Å². The average Bonchev–Trinajstić information content (AvgIpc) is 3.34. The van der Waals surface area contributed by atoms with Gasteiger partial charge in [0.2, 0.25) is 23.6 Å². The monoisotopic (exact) mass is 430 g/mol. The fraction of sp³-hybridized carbons (Fsp3) is 0.385. The van der Waals surface area contributed by atoms with Crippen LogP contribution >= 0.6 is 0 Å². The molecule has 4 amide bonds. The molecule has 2 heterocycles. The molecule has 0 saturated carbocycles. The first kappa shape index (κ1) is 20.6. The molecule has 32 heavy (non-hydrogen) atoms. The molecule has 164 valence electrons.